The van der Waals surface area contributed by atoms with Crippen LogP contribution < -0.4 is 9.64 Å². The van der Waals surface area contributed by atoms with Gasteiger partial charge < -0.3 is 9.64 Å². The molecule has 192 valence electrons. The van der Waals surface area contributed by atoms with Crippen molar-refractivity contribution >= 4 is 11.3 Å². The summed E-state index contributed by atoms with van der Waals surface area (Å²) in [6.07, 6.45) is 16.1. The Labute approximate surface area is 224 Å². The van der Waals surface area contributed by atoms with E-state index in [0.29, 0.717) is 11.3 Å². The van der Waals surface area contributed by atoms with Crippen LogP contribution in [0.1, 0.15) is 24.0 Å². The average Bonchev–Trinajstić information content (AvgIpc) is 3.60. The van der Waals surface area contributed by atoms with Crippen LogP contribution >= 0.6 is 0 Å². The molecule has 0 bridgehead atoms. The molecule has 0 aliphatic carbocycles. The second kappa shape index (κ2) is 9.96. The molecule has 0 atom stereocenters. The number of terminal acetylenes is 1. The zero-order chi connectivity index (χ0) is 26.9. The fraction of sp³-hybridized carbons (Fsp3) is 0.200. The molecule has 0 saturated carbocycles. The average molecular weight is 518 g/mol. The lowest BCUT2D eigenvalue weighted by Gasteiger charge is -2.33. The van der Waals surface area contributed by atoms with Crippen LogP contribution in [-0.4, -0.2) is 43.6 Å². The maximum atomic E-state index is 13.7. The van der Waals surface area contributed by atoms with Gasteiger partial charge in [-0.25, -0.2) is 13.9 Å². The Morgan fingerprint density at radius 1 is 0.974 bits per heavy atom. The molecule has 1 fully saturated rings. The largest absolute Gasteiger partial charge is 0.490 e. The van der Waals surface area contributed by atoms with Gasteiger partial charge in [0, 0.05) is 73.8 Å². The summed E-state index contributed by atoms with van der Waals surface area (Å²) in [6.45, 7) is 1.56. The van der Waals surface area contributed by atoms with Crippen LogP contribution in [0.15, 0.2) is 67.4 Å². The Balaban J connectivity index is 1.21. The van der Waals surface area contributed by atoms with Crippen LogP contribution in [-0.2, 0) is 7.05 Å². The third-order valence-electron chi connectivity index (χ3n) is 6.99. The van der Waals surface area contributed by atoms with Gasteiger partial charge in [-0.15, -0.1) is 6.42 Å². The van der Waals surface area contributed by atoms with Gasteiger partial charge >= 0.3 is 0 Å². The van der Waals surface area contributed by atoms with Crippen molar-refractivity contribution in [1.82, 2.24) is 24.4 Å². The lowest BCUT2D eigenvalue weighted by molar-refractivity contribution is 0.170. The zero-order valence-electron chi connectivity index (χ0n) is 21.3. The molecule has 5 aromatic rings. The van der Waals surface area contributed by atoms with E-state index in [1.165, 1.54) is 6.07 Å². The Morgan fingerprint density at radius 2 is 1.82 bits per heavy atom. The van der Waals surface area contributed by atoms with Gasteiger partial charge in [0.05, 0.1) is 29.0 Å². The van der Waals surface area contributed by atoms with Crippen molar-refractivity contribution in [3.8, 4) is 46.4 Å². The van der Waals surface area contributed by atoms with Crippen LogP contribution in [0.5, 0.6) is 5.75 Å². The molecule has 0 radical (unpaired) electrons. The Hall–Kier alpha value is -5.15. The van der Waals surface area contributed by atoms with Crippen molar-refractivity contribution in [2.24, 2.45) is 7.05 Å². The molecule has 5 heterocycles. The lowest BCUT2D eigenvalue weighted by Crippen LogP contribution is -2.38. The number of aromatic nitrogens is 5. The second-order valence-corrected chi connectivity index (χ2v) is 9.50. The quantitative estimate of drug-likeness (QED) is 0.310. The molecular weight excluding hydrogens is 493 g/mol. The van der Waals surface area contributed by atoms with Crippen molar-refractivity contribution < 1.29 is 9.13 Å². The predicted octanol–water partition coefficient (Wildman–Crippen LogP) is 4.84. The number of hydrogen-bond donors (Lipinski definition) is 0. The van der Waals surface area contributed by atoms with E-state index in [4.69, 9.17) is 16.1 Å². The first-order valence-corrected chi connectivity index (χ1v) is 12.6. The predicted molar refractivity (Wildman–Crippen MR) is 146 cm³/mol. The SMILES string of the molecule is C#Cc1cc(OC2CCN(c3ccc(-c4cc(-c5cnn(C)c5)cn5ncc(C#N)c45)cn3)CC2)ccc1F. The minimum Gasteiger partial charge on any atom is -0.490 e. The summed E-state index contributed by atoms with van der Waals surface area (Å²) in [6, 6.07) is 12.9. The topological polar surface area (TPSA) is 84.3 Å². The van der Waals surface area contributed by atoms with Gasteiger partial charge in [-0.1, -0.05) is 5.92 Å². The van der Waals surface area contributed by atoms with E-state index in [1.807, 2.05) is 37.8 Å². The minimum atomic E-state index is -0.421. The first kappa shape index (κ1) is 24.2. The maximum Gasteiger partial charge on any atom is 0.139 e. The molecule has 1 saturated heterocycles. The van der Waals surface area contributed by atoms with Gasteiger partial charge in [0.1, 0.15) is 29.6 Å². The van der Waals surface area contributed by atoms with Gasteiger partial charge in [0.2, 0.25) is 0 Å². The van der Waals surface area contributed by atoms with Gasteiger partial charge in [0.15, 0.2) is 0 Å². The van der Waals surface area contributed by atoms with Crippen molar-refractivity contribution in [2.75, 3.05) is 18.0 Å². The summed E-state index contributed by atoms with van der Waals surface area (Å²) in [5.74, 6) is 3.39. The molecule has 1 aromatic carbocycles. The van der Waals surface area contributed by atoms with Crippen molar-refractivity contribution in [2.45, 2.75) is 18.9 Å². The van der Waals surface area contributed by atoms with E-state index in [2.05, 4.69) is 33.2 Å². The van der Waals surface area contributed by atoms with Crippen LogP contribution in [0, 0.1) is 29.5 Å². The first-order valence-electron chi connectivity index (χ1n) is 12.6. The number of nitriles is 1. The van der Waals surface area contributed by atoms with Gasteiger partial charge in [-0.3, -0.25) is 4.68 Å². The normalized spacial score (nSPS) is 13.8. The summed E-state index contributed by atoms with van der Waals surface area (Å²) >= 11 is 0. The van der Waals surface area contributed by atoms with E-state index in [9.17, 15) is 9.65 Å². The van der Waals surface area contributed by atoms with Crippen LogP contribution in [0.25, 0.3) is 27.8 Å². The molecule has 0 amide bonds. The first-order chi connectivity index (χ1) is 19.0. The molecule has 1 aliphatic heterocycles. The van der Waals surface area contributed by atoms with Crippen molar-refractivity contribution in [3.05, 3.63) is 84.3 Å². The second-order valence-electron chi connectivity index (χ2n) is 9.50. The fourth-order valence-corrected chi connectivity index (χ4v) is 4.97. The molecule has 6 rings (SSSR count). The Bertz CT molecular complexity index is 1750. The molecule has 1 aliphatic rings. The Morgan fingerprint density at radius 3 is 2.51 bits per heavy atom. The third kappa shape index (κ3) is 4.67. The summed E-state index contributed by atoms with van der Waals surface area (Å²) in [5.41, 5.74) is 5.12. The molecule has 8 nitrogen and oxygen atoms in total. The highest BCUT2D eigenvalue weighted by Crippen LogP contribution is 2.32. The zero-order valence-corrected chi connectivity index (χ0v) is 21.3. The van der Waals surface area contributed by atoms with Crippen LogP contribution in [0.4, 0.5) is 10.2 Å². The summed E-state index contributed by atoms with van der Waals surface area (Å²) in [5, 5.41) is 18.4. The number of ether oxygens (including phenoxy) is 1. The summed E-state index contributed by atoms with van der Waals surface area (Å²) < 4.78 is 23.2. The molecular formula is C30H24FN7O. The van der Waals surface area contributed by atoms with Gasteiger partial charge in [-0.2, -0.15) is 15.5 Å². The molecule has 0 N–H and O–H groups in total. The monoisotopic (exact) mass is 517 g/mol. The van der Waals surface area contributed by atoms with E-state index < -0.39 is 5.82 Å². The molecule has 0 spiro atoms. The molecule has 0 unspecified atom stereocenters. The smallest absolute Gasteiger partial charge is 0.139 e. The maximum absolute atomic E-state index is 13.7. The van der Waals surface area contributed by atoms with Crippen LogP contribution in [0.3, 0.4) is 0 Å². The molecule has 9 heteroatoms. The summed E-state index contributed by atoms with van der Waals surface area (Å²) in [4.78, 5) is 6.99. The van der Waals surface area contributed by atoms with E-state index >= 15 is 0 Å². The van der Waals surface area contributed by atoms with E-state index in [-0.39, 0.29) is 11.7 Å². The fourth-order valence-electron chi connectivity index (χ4n) is 4.97. The molecule has 39 heavy (non-hydrogen) atoms. The number of fused-ring (bicyclic) bond motifs is 1. The number of aryl methyl sites for hydroxylation is 1. The lowest BCUT2D eigenvalue weighted by atomic mass is 10.0. The van der Waals surface area contributed by atoms with Gasteiger partial charge in [-0.05, 0) is 36.4 Å². The number of halogens is 1. The highest BCUT2D eigenvalue weighted by atomic mass is 19.1. The minimum absolute atomic E-state index is 0.0198. The molecule has 4 aromatic heterocycles. The number of piperidine rings is 1. The number of benzene rings is 1. The summed E-state index contributed by atoms with van der Waals surface area (Å²) in [7, 11) is 1.88. The highest BCUT2D eigenvalue weighted by molar-refractivity contribution is 5.87. The third-order valence-corrected chi connectivity index (χ3v) is 6.99. The van der Waals surface area contributed by atoms with Crippen molar-refractivity contribution in [3.63, 3.8) is 0 Å². The van der Waals surface area contributed by atoms with E-state index in [0.717, 1.165) is 59.5 Å². The highest BCUT2D eigenvalue weighted by Gasteiger charge is 2.22. The van der Waals surface area contributed by atoms with Crippen molar-refractivity contribution in [1.29, 1.82) is 5.26 Å². The standard InChI is InChI=1S/C30H24FN7O/c1-3-20-12-26(5-6-28(20)31)39-25-8-10-37(11-9-25)29-7-4-21(15-33-29)27-13-22(24-17-34-36(2)18-24)19-38-30(27)23(14-32)16-35-38/h1,4-7,12-13,15-19,25H,8-11H2,2H3. The van der Waals surface area contributed by atoms with E-state index in [1.54, 1.807) is 33.7 Å². The number of anilines is 1. The number of hydrogen-bond acceptors (Lipinski definition) is 6. The number of rotatable bonds is 5. The van der Waals surface area contributed by atoms with Gasteiger partial charge in [0.25, 0.3) is 0 Å². The number of nitrogens with zero attached hydrogens (tertiary/aromatic N) is 7. The Kier molecular flexibility index (Phi) is 6.18. The van der Waals surface area contributed by atoms with Crippen LogP contribution in [0.2, 0.25) is 0 Å². The number of pyridine rings is 2.